The van der Waals surface area contributed by atoms with Crippen molar-refractivity contribution in [3.63, 3.8) is 0 Å². The van der Waals surface area contributed by atoms with Crippen molar-refractivity contribution >= 4 is 17.3 Å². The first kappa shape index (κ1) is 14.9. The van der Waals surface area contributed by atoms with E-state index in [1.54, 1.807) is 6.20 Å². The van der Waals surface area contributed by atoms with Crippen LogP contribution in [0.4, 0.5) is 0 Å². The average Bonchev–Trinajstić information content (AvgIpc) is 2.39. The average molecular weight is 267 g/mol. The molecule has 18 heavy (non-hydrogen) atoms. The Kier molecular flexibility index (Phi) is 7.29. The molecule has 0 saturated heterocycles. The normalized spacial score (nSPS) is 11.9. The highest BCUT2D eigenvalue weighted by Gasteiger charge is 2.05. The Morgan fingerprint density at radius 3 is 3.06 bits per heavy atom. The second-order valence-corrected chi connectivity index (χ2v) is 4.37. The SMILES string of the molecule is CCOCCCNC(=S)NC(C)c1cccnc1. The van der Waals surface area contributed by atoms with Crippen LogP contribution in [-0.2, 0) is 4.74 Å². The Bertz CT molecular complexity index is 345. The molecule has 1 heterocycles. The van der Waals surface area contributed by atoms with E-state index >= 15 is 0 Å². The van der Waals surface area contributed by atoms with Crippen molar-refractivity contribution in [1.29, 1.82) is 0 Å². The topological polar surface area (TPSA) is 46.2 Å². The molecule has 0 spiro atoms. The molecule has 4 nitrogen and oxygen atoms in total. The molecule has 1 aromatic rings. The van der Waals surface area contributed by atoms with E-state index in [2.05, 4.69) is 22.5 Å². The zero-order valence-electron chi connectivity index (χ0n) is 11.0. The first-order valence-corrected chi connectivity index (χ1v) is 6.67. The Labute approximate surface area is 114 Å². The zero-order chi connectivity index (χ0) is 13.2. The van der Waals surface area contributed by atoms with Crippen molar-refractivity contribution in [2.75, 3.05) is 19.8 Å². The lowest BCUT2D eigenvalue weighted by molar-refractivity contribution is 0.145. The summed E-state index contributed by atoms with van der Waals surface area (Å²) in [7, 11) is 0. The summed E-state index contributed by atoms with van der Waals surface area (Å²) in [4.78, 5) is 4.09. The minimum Gasteiger partial charge on any atom is -0.382 e. The summed E-state index contributed by atoms with van der Waals surface area (Å²) in [5, 5.41) is 7.06. The van der Waals surface area contributed by atoms with E-state index in [-0.39, 0.29) is 6.04 Å². The molecule has 0 bridgehead atoms. The maximum atomic E-state index is 5.25. The molecule has 0 amide bonds. The number of nitrogens with zero attached hydrogens (tertiary/aromatic N) is 1. The smallest absolute Gasteiger partial charge is 0.166 e. The van der Waals surface area contributed by atoms with Crippen LogP contribution in [-0.4, -0.2) is 29.9 Å². The summed E-state index contributed by atoms with van der Waals surface area (Å²) < 4.78 is 5.25. The number of nitrogens with one attached hydrogen (secondary N) is 2. The first-order chi connectivity index (χ1) is 8.74. The highest BCUT2D eigenvalue weighted by Crippen LogP contribution is 2.09. The van der Waals surface area contributed by atoms with Gasteiger partial charge in [0.2, 0.25) is 0 Å². The van der Waals surface area contributed by atoms with Gasteiger partial charge >= 0.3 is 0 Å². The van der Waals surface area contributed by atoms with E-state index in [1.807, 2.05) is 25.3 Å². The Morgan fingerprint density at radius 2 is 2.39 bits per heavy atom. The number of pyridine rings is 1. The minimum absolute atomic E-state index is 0.158. The van der Waals surface area contributed by atoms with Crippen LogP contribution in [0.1, 0.15) is 31.9 Å². The number of aromatic nitrogens is 1. The summed E-state index contributed by atoms with van der Waals surface area (Å²) in [6.07, 6.45) is 4.56. The molecule has 0 aliphatic carbocycles. The Morgan fingerprint density at radius 1 is 1.56 bits per heavy atom. The molecule has 0 saturated carbocycles. The van der Waals surface area contributed by atoms with Crippen molar-refractivity contribution in [2.45, 2.75) is 26.3 Å². The summed E-state index contributed by atoms with van der Waals surface area (Å²) in [6.45, 7) is 6.41. The third-order valence-electron chi connectivity index (χ3n) is 2.49. The van der Waals surface area contributed by atoms with Crippen molar-refractivity contribution < 1.29 is 4.74 Å². The van der Waals surface area contributed by atoms with Gasteiger partial charge in [-0.3, -0.25) is 4.98 Å². The van der Waals surface area contributed by atoms with Gasteiger partial charge in [-0.2, -0.15) is 0 Å². The maximum absolute atomic E-state index is 5.25. The van der Waals surface area contributed by atoms with Crippen molar-refractivity contribution in [3.05, 3.63) is 30.1 Å². The third kappa shape index (κ3) is 5.93. The molecule has 100 valence electrons. The number of hydrogen-bond donors (Lipinski definition) is 2. The van der Waals surface area contributed by atoms with Gasteiger partial charge in [0.15, 0.2) is 5.11 Å². The van der Waals surface area contributed by atoms with Gasteiger partial charge in [-0.05, 0) is 44.1 Å². The lowest BCUT2D eigenvalue weighted by Gasteiger charge is -2.16. The molecule has 1 aromatic heterocycles. The van der Waals surface area contributed by atoms with E-state index in [9.17, 15) is 0 Å². The lowest BCUT2D eigenvalue weighted by Crippen LogP contribution is -2.37. The largest absolute Gasteiger partial charge is 0.382 e. The van der Waals surface area contributed by atoms with E-state index in [0.29, 0.717) is 5.11 Å². The van der Waals surface area contributed by atoms with E-state index in [0.717, 1.165) is 31.7 Å². The van der Waals surface area contributed by atoms with Crippen LogP contribution < -0.4 is 10.6 Å². The van der Waals surface area contributed by atoms with Crippen LogP contribution >= 0.6 is 12.2 Å². The fourth-order valence-corrected chi connectivity index (χ4v) is 1.76. The molecule has 0 fully saturated rings. The monoisotopic (exact) mass is 267 g/mol. The van der Waals surface area contributed by atoms with Gasteiger partial charge in [-0.15, -0.1) is 0 Å². The molecule has 5 heteroatoms. The van der Waals surface area contributed by atoms with Crippen LogP contribution in [0, 0.1) is 0 Å². The third-order valence-corrected chi connectivity index (χ3v) is 2.75. The quantitative estimate of drug-likeness (QED) is 0.585. The predicted molar refractivity (Wildman–Crippen MR) is 77.5 cm³/mol. The van der Waals surface area contributed by atoms with Crippen molar-refractivity contribution in [3.8, 4) is 0 Å². The second kappa shape index (κ2) is 8.83. The Hall–Kier alpha value is -1.20. The molecule has 0 aliphatic heterocycles. The fourth-order valence-electron chi connectivity index (χ4n) is 1.48. The number of rotatable bonds is 7. The van der Waals surface area contributed by atoms with Gasteiger partial charge in [-0.25, -0.2) is 0 Å². The zero-order valence-corrected chi connectivity index (χ0v) is 11.8. The maximum Gasteiger partial charge on any atom is 0.166 e. The summed E-state index contributed by atoms with van der Waals surface area (Å²) in [5.74, 6) is 0. The van der Waals surface area contributed by atoms with Gasteiger partial charge in [-0.1, -0.05) is 6.07 Å². The molecule has 0 aromatic carbocycles. The molecule has 1 rings (SSSR count). The van der Waals surface area contributed by atoms with Crippen LogP contribution in [0.15, 0.2) is 24.5 Å². The highest BCUT2D eigenvalue weighted by molar-refractivity contribution is 7.80. The van der Waals surface area contributed by atoms with Gasteiger partial charge < -0.3 is 15.4 Å². The van der Waals surface area contributed by atoms with E-state index in [1.165, 1.54) is 0 Å². The summed E-state index contributed by atoms with van der Waals surface area (Å²) in [5.41, 5.74) is 1.12. The van der Waals surface area contributed by atoms with Crippen molar-refractivity contribution in [2.24, 2.45) is 0 Å². The minimum atomic E-state index is 0.158. The molecular formula is C13H21N3OS. The highest BCUT2D eigenvalue weighted by atomic mass is 32.1. The molecule has 2 N–H and O–H groups in total. The molecule has 1 unspecified atom stereocenters. The van der Waals surface area contributed by atoms with Crippen LogP contribution in [0.5, 0.6) is 0 Å². The summed E-state index contributed by atoms with van der Waals surface area (Å²) >= 11 is 5.22. The first-order valence-electron chi connectivity index (χ1n) is 6.26. The molecule has 0 aliphatic rings. The van der Waals surface area contributed by atoms with Crippen LogP contribution in [0.3, 0.4) is 0 Å². The summed E-state index contributed by atoms with van der Waals surface area (Å²) in [6, 6.07) is 4.11. The molecular weight excluding hydrogens is 246 g/mol. The number of thiocarbonyl (C=S) groups is 1. The lowest BCUT2D eigenvalue weighted by atomic mass is 10.1. The van der Waals surface area contributed by atoms with Gasteiger partial charge in [0.1, 0.15) is 0 Å². The van der Waals surface area contributed by atoms with Crippen molar-refractivity contribution in [1.82, 2.24) is 15.6 Å². The van der Waals surface area contributed by atoms with Gasteiger partial charge in [0, 0.05) is 32.2 Å². The number of ether oxygens (including phenoxy) is 1. The Balaban J connectivity index is 2.20. The van der Waals surface area contributed by atoms with E-state index in [4.69, 9.17) is 17.0 Å². The molecule has 0 radical (unpaired) electrons. The molecule has 1 atom stereocenters. The second-order valence-electron chi connectivity index (χ2n) is 3.96. The van der Waals surface area contributed by atoms with Gasteiger partial charge in [0.25, 0.3) is 0 Å². The van der Waals surface area contributed by atoms with Gasteiger partial charge in [0.05, 0.1) is 6.04 Å². The van der Waals surface area contributed by atoms with Crippen LogP contribution in [0.2, 0.25) is 0 Å². The van der Waals surface area contributed by atoms with Crippen LogP contribution in [0.25, 0.3) is 0 Å². The number of hydrogen-bond acceptors (Lipinski definition) is 3. The predicted octanol–water partition coefficient (Wildman–Crippen LogP) is 2.03. The fraction of sp³-hybridized carbons (Fsp3) is 0.538. The standard InChI is InChI=1S/C13H21N3OS/c1-3-17-9-5-8-15-13(18)16-11(2)12-6-4-7-14-10-12/h4,6-7,10-11H,3,5,8-9H2,1-2H3,(H2,15,16,18). The van der Waals surface area contributed by atoms with E-state index < -0.39 is 0 Å².